The van der Waals surface area contributed by atoms with Gasteiger partial charge in [0.05, 0.1) is 19.0 Å². The zero-order valence-corrected chi connectivity index (χ0v) is 14.9. The number of imidazole rings is 1. The topological polar surface area (TPSA) is 70.1 Å². The molecule has 0 unspecified atom stereocenters. The van der Waals surface area contributed by atoms with Crippen molar-refractivity contribution in [2.45, 2.75) is 17.8 Å². The molecule has 3 aromatic rings. The van der Waals surface area contributed by atoms with Crippen molar-refractivity contribution in [2.24, 2.45) is 0 Å². The Kier molecular flexibility index (Phi) is 5.09. The summed E-state index contributed by atoms with van der Waals surface area (Å²) in [5.41, 5.74) is 3.45. The molecule has 3 rings (SSSR count). The molecule has 2 aromatic carbocycles. The Balaban J connectivity index is 1.81. The first-order valence-electron chi connectivity index (χ1n) is 7.79. The van der Waals surface area contributed by atoms with Crippen molar-refractivity contribution in [3.8, 4) is 17.0 Å². The number of Topliss-reactive ketones (excluding diaryl/α,β-unsaturated/α-hetero) is 1. The van der Waals surface area contributed by atoms with Crippen molar-refractivity contribution < 1.29 is 9.53 Å². The van der Waals surface area contributed by atoms with E-state index >= 15 is 0 Å². The molecule has 0 fully saturated rings. The lowest BCUT2D eigenvalue weighted by molar-refractivity contribution is 0.101. The minimum absolute atomic E-state index is 0.0283. The lowest BCUT2D eigenvalue weighted by atomic mass is 10.1. The zero-order valence-electron chi connectivity index (χ0n) is 14.1. The Morgan fingerprint density at radius 2 is 2.00 bits per heavy atom. The quantitative estimate of drug-likeness (QED) is 0.415. The SMILES string of the molecule is COc1ccc(C(C)=O)cc1CSc1nc(-c2ccccc2)cn1N. The van der Waals surface area contributed by atoms with Crippen molar-refractivity contribution in [1.82, 2.24) is 9.66 Å². The van der Waals surface area contributed by atoms with Gasteiger partial charge in [0.1, 0.15) is 5.75 Å². The van der Waals surface area contributed by atoms with Crippen LogP contribution >= 0.6 is 11.8 Å². The van der Waals surface area contributed by atoms with E-state index in [0.29, 0.717) is 16.5 Å². The Hall–Kier alpha value is -2.73. The molecule has 5 nitrogen and oxygen atoms in total. The van der Waals surface area contributed by atoms with E-state index in [-0.39, 0.29) is 5.78 Å². The van der Waals surface area contributed by atoms with Gasteiger partial charge in [-0.1, -0.05) is 42.1 Å². The molecule has 2 N–H and O–H groups in total. The summed E-state index contributed by atoms with van der Waals surface area (Å²) in [5.74, 6) is 7.42. The molecule has 0 spiro atoms. The van der Waals surface area contributed by atoms with E-state index in [2.05, 4.69) is 4.98 Å². The van der Waals surface area contributed by atoms with Gasteiger partial charge >= 0.3 is 0 Å². The van der Waals surface area contributed by atoms with Crippen LogP contribution < -0.4 is 10.6 Å². The Labute approximate surface area is 150 Å². The van der Waals surface area contributed by atoms with Crippen molar-refractivity contribution >= 4 is 17.5 Å². The van der Waals surface area contributed by atoms with Gasteiger partial charge in [0, 0.05) is 22.4 Å². The predicted octanol–water partition coefficient (Wildman–Crippen LogP) is 3.77. The van der Waals surface area contributed by atoms with Crippen LogP contribution in [-0.4, -0.2) is 22.6 Å². The number of rotatable bonds is 6. The first-order chi connectivity index (χ1) is 12.1. The third kappa shape index (κ3) is 3.85. The van der Waals surface area contributed by atoms with Crippen LogP contribution in [0.5, 0.6) is 5.75 Å². The minimum atomic E-state index is 0.0283. The fraction of sp³-hybridized carbons (Fsp3) is 0.158. The maximum atomic E-state index is 11.6. The standard InChI is InChI=1S/C19H19N3O2S/c1-13(23)15-8-9-18(24-2)16(10-15)12-25-19-21-17(11-22(19)20)14-6-4-3-5-7-14/h3-11H,12,20H2,1-2H3. The molecule has 25 heavy (non-hydrogen) atoms. The number of ketones is 1. The van der Waals surface area contributed by atoms with Crippen LogP contribution in [0, 0.1) is 0 Å². The third-order valence-electron chi connectivity index (χ3n) is 3.81. The maximum Gasteiger partial charge on any atom is 0.187 e. The molecule has 0 aliphatic rings. The molecule has 0 bridgehead atoms. The Morgan fingerprint density at radius 3 is 2.68 bits per heavy atom. The molecule has 0 saturated heterocycles. The first-order valence-corrected chi connectivity index (χ1v) is 8.77. The molecule has 0 atom stereocenters. The summed E-state index contributed by atoms with van der Waals surface area (Å²) in [5, 5.41) is 0.703. The summed E-state index contributed by atoms with van der Waals surface area (Å²) < 4.78 is 6.91. The molecule has 0 radical (unpaired) electrons. The number of benzene rings is 2. The second-order valence-corrected chi connectivity index (χ2v) is 6.50. The van der Waals surface area contributed by atoms with Crippen molar-refractivity contribution in [2.75, 3.05) is 13.0 Å². The van der Waals surface area contributed by atoms with E-state index in [1.54, 1.807) is 26.3 Å². The summed E-state index contributed by atoms with van der Waals surface area (Å²) in [6.07, 6.45) is 1.81. The molecular formula is C19H19N3O2S. The summed E-state index contributed by atoms with van der Waals surface area (Å²) in [4.78, 5) is 16.2. The fourth-order valence-electron chi connectivity index (χ4n) is 2.48. The first kappa shape index (κ1) is 17.1. The van der Waals surface area contributed by atoms with E-state index < -0.39 is 0 Å². The molecule has 1 heterocycles. The van der Waals surface area contributed by atoms with Gasteiger partial charge in [-0.15, -0.1) is 0 Å². The maximum absolute atomic E-state index is 11.6. The number of ether oxygens (including phenoxy) is 1. The van der Waals surface area contributed by atoms with Gasteiger partial charge in [0.15, 0.2) is 10.9 Å². The monoisotopic (exact) mass is 353 g/mol. The van der Waals surface area contributed by atoms with Crippen LogP contribution in [-0.2, 0) is 5.75 Å². The van der Waals surface area contributed by atoms with E-state index in [1.165, 1.54) is 16.4 Å². The molecule has 0 saturated carbocycles. The largest absolute Gasteiger partial charge is 0.496 e. The number of nitrogens with zero attached hydrogens (tertiary/aromatic N) is 2. The third-order valence-corrected chi connectivity index (χ3v) is 4.83. The number of thioether (sulfide) groups is 1. The van der Waals surface area contributed by atoms with Crippen LogP contribution in [0.2, 0.25) is 0 Å². The summed E-state index contributed by atoms with van der Waals surface area (Å²) in [7, 11) is 1.62. The molecule has 0 aliphatic heterocycles. The number of aromatic nitrogens is 2. The van der Waals surface area contributed by atoms with Crippen LogP contribution in [0.15, 0.2) is 59.9 Å². The summed E-state index contributed by atoms with van der Waals surface area (Å²) in [6.45, 7) is 1.55. The average molecular weight is 353 g/mol. The molecule has 6 heteroatoms. The second-order valence-electron chi connectivity index (χ2n) is 5.55. The van der Waals surface area contributed by atoms with E-state index in [1.807, 2.05) is 42.5 Å². The highest BCUT2D eigenvalue weighted by molar-refractivity contribution is 7.98. The minimum Gasteiger partial charge on any atom is -0.496 e. The number of nitrogens with two attached hydrogens (primary N) is 1. The highest BCUT2D eigenvalue weighted by Crippen LogP contribution is 2.29. The summed E-state index contributed by atoms with van der Waals surface area (Å²) in [6, 6.07) is 15.3. The number of hydrogen-bond acceptors (Lipinski definition) is 5. The molecule has 1 aromatic heterocycles. The number of carbonyl (C=O) groups excluding carboxylic acids is 1. The normalized spacial score (nSPS) is 10.6. The summed E-state index contributed by atoms with van der Waals surface area (Å²) >= 11 is 1.50. The predicted molar refractivity (Wildman–Crippen MR) is 100 cm³/mol. The average Bonchev–Trinajstić information content (AvgIpc) is 3.01. The van der Waals surface area contributed by atoms with E-state index in [4.69, 9.17) is 10.6 Å². The van der Waals surface area contributed by atoms with Gasteiger partial charge in [0.25, 0.3) is 0 Å². The van der Waals surface area contributed by atoms with Gasteiger partial charge in [-0.05, 0) is 25.1 Å². The van der Waals surface area contributed by atoms with Crippen molar-refractivity contribution in [1.29, 1.82) is 0 Å². The number of carbonyl (C=O) groups is 1. The van der Waals surface area contributed by atoms with Crippen LogP contribution in [0.3, 0.4) is 0 Å². The van der Waals surface area contributed by atoms with Crippen LogP contribution in [0.4, 0.5) is 0 Å². The Morgan fingerprint density at radius 1 is 1.24 bits per heavy atom. The zero-order chi connectivity index (χ0) is 17.8. The molecule has 128 valence electrons. The number of hydrogen-bond donors (Lipinski definition) is 1. The van der Waals surface area contributed by atoms with Gasteiger partial charge in [-0.25, -0.2) is 9.66 Å². The second kappa shape index (κ2) is 7.44. The van der Waals surface area contributed by atoms with Crippen LogP contribution in [0.1, 0.15) is 22.8 Å². The molecule has 0 amide bonds. The van der Waals surface area contributed by atoms with E-state index in [9.17, 15) is 4.79 Å². The highest BCUT2D eigenvalue weighted by atomic mass is 32.2. The number of methoxy groups -OCH3 is 1. The Bertz CT molecular complexity index is 891. The number of nitrogen functional groups attached to an aromatic ring is 1. The lowest BCUT2D eigenvalue weighted by Crippen LogP contribution is -2.07. The highest BCUT2D eigenvalue weighted by Gasteiger charge is 2.12. The smallest absolute Gasteiger partial charge is 0.187 e. The van der Waals surface area contributed by atoms with Crippen LogP contribution in [0.25, 0.3) is 11.3 Å². The van der Waals surface area contributed by atoms with Gasteiger partial charge in [-0.2, -0.15) is 0 Å². The van der Waals surface area contributed by atoms with Crippen molar-refractivity contribution in [3.63, 3.8) is 0 Å². The van der Waals surface area contributed by atoms with Gasteiger partial charge in [-0.3, -0.25) is 4.79 Å². The van der Waals surface area contributed by atoms with Gasteiger partial charge < -0.3 is 10.6 Å². The molecule has 0 aliphatic carbocycles. The van der Waals surface area contributed by atoms with E-state index in [0.717, 1.165) is 22.6 Å². The van der Waals surface area contributed by atoms with Gasteiger partial charge in [0.2, 0.25) is 0 Å². The van der Waals surface area contributed by atoms with Crippen molar-refractivity contribution in [3.05, 3.63) is 65.9 Å². The fourth-order valence-corrected chi connectivity index (χ4v) is 3.36. The lowest BCUT2D eigenvalue weighted by Gasteiger charge is -2.09. The molecular weight excluding hydrogens is 334 g/mol.